The number of hydrogen-bond acceptors (Lipinski definition) is 2. The van der Waals surface area contributed by atoms with E-state index in [4.69, 9.17) is 5.73 Å². The highest BCUT2D eigenvalue weighted by Crippen LogP contribution is 2.51. The standard InChI is InChI=1S/C17H29NS/c1-2-16(18)17(11-13-3-4-13)9-7-15(8-10-17)19-12-14-5-6-14/h2,13-16H,1,3-12,18H2. The van der Waals surface area contributed by atoms with Crippen LogP contribution in [0.5, 0.6) is 0 Å². The van der Waals surface area contributed by atoms with Crippen LogP contribution in [0, 0.1) is 17.3 Å². The molecule has 1 atom stereocenters. The summed E-state index contributed by atoms with van der Waals surface area (Å²) in [7, 11) is 0. The Morgan fingerprint density at radius 3 is 2.26 bits per heavy atom. The van der Waals surface area contributed by atoms with Crippen LogP contribution in [0.25, 0.3) is 0 Å². The summed E-state index contributed by atoms with van der Waals surface area (Å²) >= 11 is 2.26. The fraction of sp³-hybridized carbons (Fsp3) is 0.882. The van der Waals surface area contributed by atoms with Crippen LogP contribution in [0.3, 0.4) is 0 Å². The highest BCUT2D eigenvalue weighted by atomic mass is 32.2. The Kier molecular flexibility index (Phi) is 4.28. The lowest BCUT2D eigenvalue weighted by molar-refractivity contribution is 0.145. The lowest BCUT2D eigenvalue weighted by Gasteiger charge is -2.43. The van der Waals surface area contributed by atoms with Gasteiger partial charge in [0.25, 0.3) is 0 Å². The van der Waals surface area contributed by atoms with Crippen molar-refractivity contribution in [1.29, 1.82) is 0 Å². The van der Waals surface area contributed by atoms with Crippen LogP contribution in [-0.2, 0) is 0 Å². The Morgan fingerprint density at radius 2 is 1.74 bits per heavy atom. The van der Waals surface area contributed by atoms with Gasteiger partial charge in [-0.05, 0) is 67.9 Å². The summed E-state index contributed by atoms with van der Waals surface area (Å²) in [5.74, 6) is 3.48. The Morgan fingerprint density at radius 1 is 1.11 bits per heavy atom. The molecule has 1 nitrogen and oxygen atoms in total. The van der Waals surface area contributed by atoms with Crippen molar-refractivity contribution in [2.45, 2.75) is 69.1 Å². The Labute approximate surface area is 122 Å². The van der Waals surface area contributed by atoms with Crippen molar-refractivity contribution in [3.8, 4) is 0 Å². The van der Waals surface area contributed by atoms with E-state index in [0.717, 1.165) is 17.1 Å². The average molecular weight is 279 g/mol. The first-order chi connectivity index (χ1) is 9.22. The molecule has 19 heavy (non-hydrogen) atoms. The maximum Gasteiger partial charge on any atom is 0.0278 e. The Balaban J connectivity index is 1.52. The number of hydrogen-bond donors (Lipinski definition) is 1. The zero-order chi connectivity index (χ0) is 13.3. The summed E-state index contributed by atoms with van der Waals surface area (Å²) in [5.41, 5.74) is 6.81. The summed E-state index contributed by atoms with van der Waals surface area (Å²) in [4.78, 5) is 0. The summed E-state index contributed by atoms with van der Waals surface area (Å²) in [6, 6.07) is 0.225. The van der Waals surface area contributed by atoms with E-state index in [9.17, 15) is 0 Å². The van der Waals surface area contributed by atoms with Gasteiger partial charge >= 0.3 is 0 Å². The monoisotopic (exact) mass is 279 g/mol. The van der Waals surface area contributed by atoms with Gasteiger partial charge in [-0.25, -0.2) is 0 Å². The minimum atomic E-state index is 0.225. The number of nitrogens with two attached hydrogens (primary N) is 1. The van der Waals surface area contributed by atoms with Crippen molar-refractivity contribution >= 4 is 11.8 Å². The van der Waals surface area contributed by atoms with Gasteiger partial charge in [0.2, 0.25) is 0 Å². The fourth-order valence-corrected chi connectivity index (χ4v) is 5.16. The second-order valence-corrected chi connectivity index (χ2v) is 8.58. The molecular weight excluding hydrogens is 250 g/mol. The van der Waals surface area contributed by atoms with E-state index in [0.29, 0.717) is 5.41 Å². The van der Waals surface area contributed by atoms with Crippen LogP contribution in [0.2, 0.25) is 0 Å². The third-order valence-electron chi connectivity index (χ3n) is 5.55. The summed E-state index contributed by atoms with van der Waals surface area (Å²) < 4.78 is 0. The molecule has 0 bridgehead atoms. The van der Waals surface area contributed by atoms with E-state index < -0.39 is 0 Å². The van der Waals surface area contributed by atoms with Crippen molar-refractivity contribution in [1.82, 2.24) is 0 Å². The molecule has 0 spiro atoms. The molecular formula is C17H29NS. The second-order valence-electron chi connectivity index (χ2n) is 7.25. The second kappa shape index (κ2) is 5.81. The normalized spacial score (nSPS) is 37.0. The SMILES string of the molecule is C=CC(N)C1(CC2CC2)CCC(SCC2CC2)CC1. The van der Waals surface area contributed by atoms with Crippen LogP contribution < -0.4 is 5.73 Å². The van der Waals surface area contributed by atoms with Gasteiger partial charge in [-0.3, -0.25) is 0 Å². The lowest BCUT2D eigenvalue weighted by atomic mass is 9.66. The Bertz CT molecular complexity index is 311. The van der Waals surface area contributed by atoms with E-state index in [2.05, 4.69) is 18.3 Å². The summed E-state index contributed by atoms with van der Waals surface area (Å²) in [6.07, 6.45) is 14.8. The van der Waals surface area contributed by atoms with Crippen LogP contribution in [0.1, 0.15) is 57.8 Å². The lowest BCUT2D eigenvalue weighted by Crippen LogP contribution is -2.44. The first-order valence-electron chi connectivity index (χ1n) is 8.21. The van der Waals surface area contributed by atoms with Gasteiger partial charge in [0.15, 0.2) is 0 Å². The van der Waals surface area contributed by atoms with E-state index in [-0.39, 0.29) is 6.04 Å². The predicted octanol–water partition coefficient (Wildman–Crippen LogP) is 4.37. The molecule has 0 radical (unpaired) electrons. The highest BCUT2D eigenvalue weighted by Gasteiger charge is 2.43. The molecule has 3 rings (SSSR count). The quantitative estimate of drug-likeness (QED) is 0.700. The van der Waals surface area contributed by atoms with Crippen LogP contribution in [0.4, 0.5) is 0 Å². The smallest absolute Gasteiger partial charge is 0.0278 e. The van der Waals surface area contributed by atoms with E-state index in [1.54, 1.807) is 0 Å². The van der Waals surface area contributed by atoms with E-state index in [1.165, 1.54) is 63.5 Å². The summed E-state index contributed by atoms with van der Waals surface area (Å²) in [6.45, 7) is 3.97. The third kappa shape index (κ3) is 3.58. The first-order valence-corrected chi connectivity index (χ1v) is 9.26. The van der Waals surface area contributed by atoms with Crippen molar-refractivity contribution in [3.63, 3.8) is 0 Å². The Hall–Kier alpha value is 0.0500. The molecule has 0 amide bonds. The van der Waals surface area contributed by atoms with Crippen LogP contribution >= 0.6 is 11.8 Å². The minimum Gasteiger partial charge on any atom is -0.324 e. The first kappa shape index (κ1) is 14.0. The number of rotatable bonds is 7. The largest absolute Gasteiger partial charge is 0.324 e. The molecule has 3 saturated carbocycles. The van der Waals surface area contributed by atoms with Crippen LogP contribution in [-0.4, -0.2) is 17.0 Å². The van der Waals surface area contributed by atoms with Crippen molar-refractivity contribution in [2.24, 2.45) is 23.0 Å². The molecule has 108 valence electrons. The summed E-state index contributed by atoms with van der Waals surface area (Å²) in [5, 5.41) is 0.921. The molecule has 0 saturated heterocycles. The van der Waals surface area contributed by atoms with Gasteiger partial charge in [-0.1, -0.05) is 18.9 Å². The van der Waals surface area contributed by atoms with E-state index >= 15 is 0 Å². The van der Waals surface area contributed by atoms with Gasteiger partial charge in [0, 0.05) is 11.3 Å². The zero-order valence-corrected chi connectivity index (χ0v) is 13.0. The molecule has 2 heteroatoms. The third-order valence-corrected chi connectivity index (χ3v) is 7.15. The molecule has 0 aromatic rings. The number of thioether (sulfide) groups is 1. The molecule has 2 N–H and O–H groups in total. The molecule has 0 aromatic carbocycles. The highest BCUT2D eigenvalue weighted by molar-refractivity contribution is 7.99. The van der Waals surface area contributed by atoms with Gasteiger partial charge < -0.3 is 5.73 Å². The zero-order valence-electron chi connectivity index (χ0n) is 12.2. The fourth-order valence-electron chi connectivity index (χ4n) is 3.71. The topological polar surface area (TPSA) is 26.0 Å². The van der Waals surface area contributed by atoms with Crippen molar-refractivity contribution in [2.75, 3.05) is 5.75 Å². The van der Waals surface area contributed by atoms with Crippen LogP contribution in [0.15, 0.2) is 12.7 Å². The molecule has 0 aromatic heterocycles. The molecule has 3 fully saturated rings. The maximum atomic E-state index is 6.41. The molecule has 3 aliphatic carbocycles. The average Bonchev–Trinajstić information content (AvgIpc) is 3.32. The minimum absolute atomic E-state index is 0.225. The maximum absolute atomic E-state index is 6.41. The molecule has 3 aliphatic rings. The molecule has 0 aliphatic heterocycles. The van der Waals surface area contributed by atoms with Gasteiger partial charge in [0.1, 0.15) is 0 Å². The van der Waals surface area contributed by atoms with Gasteiger partial charge in [0.05, 0.1) is 0 Å². The molecule has 0 heterocycles. The van der Waals surface area contributed by atoms with E-state index in [1.807, 2.05) is 6.08 Å². The predicted molar refractivity (Wildman–Crippen MR) is 85.4 cm³/mol. The van der Waals surface area contributed by atoms with Crippen molar-refractivity contribution < 1.29 is 0 Å². The van der Waals surface area contributed by atoms with Crippen molar-refractivity contribution in [3.05, 3.63) is 12.7 Å². The molecule has 1 unspecified atom stereocenters. The van der Waals surface area contributed by atoms with Gasteiger partial charge in [-0.2, -0.15) is 11.8 Å². The van der Waals surface area contributed by atoms with Gasteiger partial charge in [-0.15, -0.1) is 6.58 Å².